The van der Waals surface area contributed by atoms with E-state index in [-0.39, 0.29) is 0 Å². The molecule has 0 spiro atoms. The van der Waals surface area contributed by atoms with Crippen molar-refractivity contribution in [2.24, 2.45) is 5.92 Å². The molecule has 106 valence electrons. The number of fused-ring (bicyclic) bond motifs is 1. The standard InChI is InChI=1S/C15H26N4/c1-11(2)16-8-12-5-6-14-13(7-12)9-17-15(18-14)10-19(3)4/h9,11-12,16H,5-8,10H2,1-4H3. The van der Waals surface area contributed by atoms with Crippen LogP contribution in [0.15, 0.2) is 6.20 Å². The van der Waals surface area contributed by atoms with E-state index in [2.05, 4.69) is 43.1 Å². The highest BCUT2D eigenvalue weighted by molar-refractivity contribution is 5.21. The van der Waals surface area contributed by atoms with E-state index in [4.69, 9.17) is 4.98 Å². The molecule has 1 N–H and O–H groups in total. The van der Waals surface area contributed by atoms with E-state index in [0.29, 0.717) is 6.04 Å². The number of nitrogens with zero attached hydrogens (tertiary/aromatic N) is 3. The van der Waals surface area contributed by atoms with Crippen molar-refractivity contribution < 1.29 is 0 Å². The molecule has 0 bridgehead atoms. The number of aryl methyl sites for hydroxylation is 1. The van der Waals surface area contributed by atoms with Gasteiger partial charge < -0.3 is 10.2 Å². The Balaban J connectivity index is 1.98. The highest BCUT2D eigenvalue weighted by Crippen LogP contribution is 2.23. The van der Waals surface area contributed by atoms with Gasteiger partial charge in [-0.15, -0.1) is 0 Å². The smallest absolute Gasteiger partial charge is 0.142 e. The molecule has 19 heavy (non-hydrogen) atoms. The van der Waals surface area contributed by atoms with Gasteiger partial charge >= 0.3 is 0 Å². The maximum atomic E-state index is 4.71. The Morgan fingerprint density at radius 3 is 2.89 bits per heavy atom. The molecule has 1 heterocycles. The lowest BCUT2D eigenvalue weighted by Gasteiger charge is -2.25. The molecule has 2 rings (SSSR count). The van der Waals surface area contributed by atoms with Crippen molar-refractivity contribution in [2.75, 3.05) is 20.6 Å². The summed E-state index contributed by atoms with van der Waals surface area (Å²) in [6, 6.07) is 0.570. The first-order valence-electron chi connectivity index (χ1n) is 7.26. The van der Waals surface area contributed by atoms with Crippen LogP contribution in [0.1, 0.15) is 37.4 Å². The zero-order valence-electron chi connectivity index (χ0n) is 12.6. The highest BCUT2D eigenvalue weighted by Gasteiger charge is 2.20. The van der Waals surface area contributed by atoms with Crippen LogP contribution in [0.3, 0.4) is 0 Å². The summed E-state index contributed by atoms with van der Waals surface area (Å²) in [5, 5.41) is 3.54. The van der Waals surface area contributed by atoms with Crippen molar-refractivity contribution in [3.8, 4) is 0 Å². The maximum absolute atomic E-state index is 4.71. The fourth-order valence-corrected chi connectivity index (χ4v) is 2.56. The van der Waals surface area contributed by atoms with Crippen LogP contribution in [0.2, 0.25) is 0 Å². The second-order valence-electron chi connectivity index (χ2n) is 6.17. The molecule has 0 radical (unpaired) electrons. The second-order valence-corrected chi connectivity index (χ2v) is 6.17. The first-order valence-corrected chi connectivity index (χ1v) is 7.26. The first kappa shape index (κ1) is 14.4. The first-order chi connectivity index (χ1) is 9.04. The number of nitrogens with one attached hydrogen (secondary N) is 1. The lowest BCUT2D eigenvalue weighted by Crippen LogP contribution is -2.32. The fraction of sp³-hybridized carbons (Fsp3) is 0.733. The van der Waals surface area contributed by atoms with Gasteiger partial charge in [-0.05, 0) is 51.4 Å². The number of aromatic nitrogens is 2. The van der Waals surface area contributed by atoms with E-state index in [1.54, 1.807) is 0 Å². The molecule has 4 heteroatoms. The van der Waals surface area contributed by atoms with E-state index in [0.717, 1.165) is 37.7 Å². The van der Waals surface area contributed by atoms with Gasteiger partial charge in [-0.1, -0.05) is 13.8 Å². The molecule has 4 nitrogen and oxygen atoms in total. The average molecular weight is 262 g/mol. The van der Waals surface area contributed by atoms with Gasteiger partial charge in [-0.3, -0.25) is 0 Å². The third-order valence-corrected chi connectivity index (χ3v) is 3.57. The van der Waals surface area contributed by atoms with E-state index in [1.807, 2.05) is 6.20 Å². The van der Waals surface area contributed by atoms with E-state index in [1.165, 1.54) is 17.7 Å². The molecular formula is C15H26N4. The normalized spacial score (nSPS) is 18.9. The molecule has 1 aliphatic carbocycles. The van der Waals surface area contributed by atoms with Crippen molar-refractivity contribution >= 4 is 0 Å². The summed E-state index contributed by atoms with van der Waals surface area (Å²) >= 11 is 0. The van der Waals surface area contributed by atoms with E-state index in [9.17, 15) is 0 Å². The van der Waals surface area contributed by atoms with Gasteiger partial charge in [0.1, 0.15) is 5.82 Å². The van der Waals surface area contributed by atoms with Crippen LogP contribution >= 0.6 is 0 Å². The summed E-state index contributed by atoms with van der Waals surface area (Å²) < 4.78 is 0. The molecule has 1 aromatic heterocycles. The van der Waals surface area contributed by atoms with Crippen molar-refractivity contribution in [3.05, 3.63) is 23.3 Å². The minimum atomic E-state index is 0.570. The van der Waals surface area contributed by atoms with Gasteiger partial charge in [-0.25, -0.2) is 9.97 Å². The third kappa shape index (κ3) is 4.25. The quantitative estimate of drug-likeness (QED) is 0.876. The van der Waals surface area contributed by atoms with Crippen LogP contribution in [-0.4, -0.2) is 41.5 Å². The van der Waals surface area contributed by atoms with Crippen molar-refractivity contribution in [2.45, 2.75) is 45.7 Å². The molecular weight excluding hydrogens is 236 g/mol. The zero-order chi connectivity index (χ0) is 13.8. The maximum Gasteiger partial charge on any atom is 0.142 e. The Kier molecular flexibility index (Phi) is 4.88. The van der Waals surface area contributed by atoms with Gasteiger partial charge in [0.15, 0.2) is 0 Å². The molecule has 0 aliphatic heterocycles. The topological polar surface area (TPSA) is 41.1 Å². The molecule has 1 aliphatic rings. The van der Waals surface area contributed by atoms with Gasteiger partial charge in [0.2, 0.25) is 0 Å². The van der Waals surface area contributed by atoms with Crippen LogP contribution in [-0.2, 0) is 19.4 Å². The Morgan fingerprint density at radius 2 is 2.21 bits per heavy atom. The fourth-order valence-electron chi connectivity index (χ4n) is 2.56. The largest absolute Gasteiger partial charge is 0.314 e. The predicted molar refractivity (Wildman–Crippen MR) is 78.1 cm³/mol. The monoisotopic (exact) mass is 262 g/mol. The van der Waals surface area contributed by atoms with Crippen molar-refractivity contribution in [1.29, 1.82) is 0 Å². The molecule has 1 atom stereocenters. The number of rotatable bonds is 5. The zero-order valence-corrected chi connectivity index (χ0v) is 12.6. The number of hydrogen-bond donors (Lipinski definition) is 1. The number of hydrogen-bond acceptors (Lipinski definition) is 4. The Bertz CT molecular complexity index is 415. The predicted octanol–water partition coefficient (Wildman–Crippen LogP) is 1.64. The molecule has 0 saturated carbocycles. The lowest BCUT2D eigenvalue weighted by molar-refractivity contribution is 0.382. The molecule has 0 aromatic carbocycles. The summed E-state index contributed by atoms with van der Waals surface area (Å²) in [4.78, 5) is 11.3. The molecule has 1 unspecified atom stereocenters. The van der Waals surface area contributed by atoms with E-state index < -0.39 is 0 Å². The summed E-state index contributed by atoms with van der Waals surface area (Å²) in [6.07, 6.45) is 5.51. The average Bonchev–Trinajstić information content (AvgIpc) is 2.35. The highest BCUT2D eigenvalue weighted by atomic mass is 15.1. The summed E-state index contributed by atoms with van der Waals surface area (Å²) in [6.45, 7) is 6.34. The Hall–Kier alpha value is -1.00. The Labute approximate surface area is 116 Å². The van der Waals surface area contributed by atoms with Crippen molar-refractivity contribution in [1.82, 2.24) is 20.2 Å². The minimum Gasteiger partial charge on any atom is -0.314 e. The van der Waals surface area contributed by atoms with Crippen LogP contribution < -0.4 is 5.32 Å². The van der Waals surface area contributed by atoms with Gasteiger partial charge in [0.05, 0.1) is 6.54 Å². The molecule has 0 fully saturated rings. The van der Waals surface area contributed by atoms with Crippen LogP contribution in [0.25, 0.3) is 0 Å². The van der Waals surface area contributed by atoms with E-state index >= 15 is 0 Å². The third-order valence-electron chi connectivity index (χ3n) is 3.57. The van der Waals surface area contributed by atoms with Crippen LogP contribution in [0, 0.1) is 5.92 Å². The lowest BCUT2D eigenvalue weighted by atomic mass is 9.87. The molecule has 0 saturated heterocycles. The van der Waals surface area contributed by atoms with Crippen LogP contribution in [0.4, 0.5) is 0 Å². The molecule has 1 aromatic rings. The SMILES string of the molecule is CC(C)NCC1CCc2nc(CN(C)C)ncc2C1. The van der Waals surface area contributed by atoms with Gasteiger partial charge in [-0.2, -0.15) is 0 Å². The Morgan fingerprint density at radius 1 is 1.42 bits per heavy atom. The summed E-state index contributed by atoms with van der Waals surface area (Å²) in [5.41, 5.74) is 2.62. The second kappa shape index (κ2) is 6.44. The summed E-state index contributed by atoms with van der Waals surface area (Å²) in [5.74, 6) is 1.68. The van der Waals surface area contributed by atoms with Gasteiger partial charge in [0.25, 0.3) is 0 Å². The van der Waals surface area contributed by atoms with Gasteiger partial charge in [0, 0.05) is 17.9 Å². The molecule has 0 amide bonds. The van der Waals surface area contributed by atoms with Crippen molar-refractivity contribution in [3.63, 3.8) is 0 Å². The van der Waals surface area contributed by atoms with Crippen LogP contribution in [0.5, 0.6) is 0 Å². The summed E-state index contributed by atoms with van der Waals surface area (Å²) in [7, 11) is 4.10. The minimum absolute atomic E-state index is 0.570.